The quantitative estimate of drug-likeness (QED) is 0.270. The van der Waals surface area contributed by atoms with E-state index in [9.17, 15) is 27.0 Å². The van der Waals surface area contributed by atoms with Crippen LogP contribution in [-0.4, -0.2) is 86.9 Å². The van der Waals surface area contributed by atoms with Crippen LogP contribution in [0.3, 0.4) is 0 Å². The van der Waals surface area contributed by atoms with Crippen LogP contribution in [0.15, 0.2) is 64.5 Å². The van der Waals surface area contributed by atoms with Gasteiger partial charge in [-0.25, -0.2) is 22.0 Å². The van der Waals surface area contributed by atoms with Gasteiger partial charge in [0.05, 0.1) is 28.8 Å². The number of primary sulfonamides is 1. The summed E-state index contributed by atoms with van der Waals surface area (Å²) < 4.78 is 62.6. The van der Waals surface area contributed by atoms with Gasteiger partial charge in [0, 0.05) is 37.1 Å². The summed E-state index contributed by atoms with van der Waals surface area (Å²) in [6, 6.07) is 12.5. The van der Waals surface area contributed by atoms with Crippen molar-refractivity contribution < 1.29 is 36.5 Å². The first-order chi connectivity index (χ1) is 19.0. The van der Waals surface area contributed by atoms with Gasteiger partial charge >= 0.3 is 0 Å². The third kappa shape index (κ3) is 6.92. The number of aliphatic hydroxyl groups excluding tert-OH is 1. The van der Waals surface area contributed by atoms with E-state index in [1.54, 1.807) is 30.3 Å². The van der Waals surface area contributed by atoms with Gasteiger partial charge in [0.2, 0.25) is 20.0 Å². The zero-order valence-corrected chi connectivity index (χ0v) is 24.5. The molecule has 0 radical (unpaired) electrons. The Morgan fingerprint density at radius 1 is 1.15 bits per heavy atom. The molecule has 41 heavy (non-hydrogen) atoms. The van der Waals surface area contributed by atoms with E-state index in [2.05, 4.69) is 10.3 Å². The maximum atomic E-state index is 13.3. The summed E-state index contributed by atoms with van der Waals surface area (Å²) in [6.45, 7) is 1.09. The number of hydrogen-bond donors (Lipinski definition) is 4. The van der Waals surface area contributed by atoms with E-state index in [4.69, 9.17) is 14.6 Å². The topological polar surface area (TPSA) is 181 Å². The van der Waals surface area contributed by atoms with E-state index in [1.807, 2.05) is 0 Å². The number of aromatic hydroxyl groups is 1. The van der Waals surface area contributed by atoms with Crippen LogP contribution in [0.1, 0.15) is 19.3 Å². The molecule has 3 heterocycles. The Labute approximate surface area is 245 Å². The van der Waals surface area contributed by atoms with Gasteiger partial charge in [-0.1, -0.05) is 18.2 Å². The molecule has 3 aromatic rings. The van der Waals surface area contributed by atoms with E-state index in [-0.39, 0.29) is 66.0 Å². The Kier molecular flexibility index (Phi) is 9.45. The first kappa shape index (κ1) is 31.4. The summed E-state index contributed by atoms with van der Waals surface area (Å²) in [5.41, 5.74) is 0.0468. The number of halogens is 1. The maximum absolute atomic E-state index is 13.3. The molecule has 0 aliphatic carbocycles. The van der Waals surface area contributed by atoms with Gasteiger partial charge in [0.15, 0.2) is 0 Å². The SMILES string of the molecule is Cl.NS(=O)(=O)c1cccc(OC[C@@H](O)CN[C@H]2COC3(CCN(S(=O)(=O)c4cnc5ccccc5c4O)CC3)C2)c1. The summed E-state index contributed by atoms with van der Waals surface area (Å²) in [4.78, 5) is 3.92. The molecule has 0 amide bonds. The molecule has 0 bridgehead atoms. The molecule has 2 aliphatic rings. The molecular formula is C26H33ClN4O8S2. The molecule has 2 aliphatic heterocycles. The molecule has 5 N–H and O–H groups in total. The summed E-state index contributed by atoms with van der Waals surface area (Å²) in [5, 5.41) is 29.8. The number of aliphatic hydroxyl groups is 1. The third-order valence-corrected chi connectivity index (χ3v) is 10.2. The molecule has 12 nitrogen and oxygen atoms in total. The van der Waals surface area contributed by atoms with Gasteiger partial charge < -0.3 is 25.0 Å². The van der Waals surface area contributed by atoms with E-state index in [0.29, 0.717) is 36.8 Å². The highest BCUT2D eigenvalue weighted by molar-refractivity contribution is 7.89. The fourth-order valence-electron chi connectivity index (χ4n) is 5.19. The average molecular weight is 629 g/mol. The van der Waals surface area contributed by atoms with Crippen molar-refractivity contribution in [3.05, 3.63) is 54.7 Å². The molecule has 1 aromatic heterocycles. The summed E-state index contributed by atoms with van der Waals surface area (Å²) in [5.74, 6) is -0.0184. The summed E-state index contributed by atoms with van der Waals surface area (Å²) in [7, 11) is -7.80. The van der Waals surface area contributed by atoms with Gasteiger partial charge in [0.1, 0.15) is 29.1 Å². The highest BCUT2D eigenvalue weighted by Crippen LogP contribution is 2.39. The Morgan fingerprint density at radius 3 is 2.61 bits per heavy atom. The number of rotatable bonds is 9. The second-order valence-corrected chi connectivity index (χ2v) is 13.6. The monoisotopic (exact) mass is 628 g/mol. The van der Waals surface area contributed by atoms with Gasteiger partial charge in [-0.2, -0.15) is 4.31 Å². The number of hydrogen-bond acceptors (Lipinski definition) is 10. The normalized spacial score (nSPS) is 20.1. The van der Waals surface area contributed by atoms with E-state index in [1.165, 1.54) is 28.7 Å². The van der Waals surface area contributed by atoms with Crippen molar-refractivity contribution >= 4 is 43.4 Å². The zero-order valence-electron chi connectivity index (χ0n) is 22.0. The van der Waals surface area contributed by atoms with Gasteiger partial charge in [-0.15, -0.1) is 12.4 Å². The molecule has 15 heteroatoms. The minimum absolute atomic E-state index is 0. The first-order valence-electron chi connectivity index (χ1n) is 12.8. The average Bonchev–Trinajstić information content (AvgIpc) is 3.33. The maximum Gasteiger partial charge on any atom is 0.248 e. The lowest BCUT2D eigenvalue weighted by Crippen LogP contribution is -2.47. The molecule has 224 valence electrons. The first-order valence-corrected chi connectivity index (χ1v) is 15.8. The summed E-state index contributed by atoms with van der Waals surface area (Å²) >= 11 is 0. The predicted molar refractivity (Wildman–Crippen MR) is 153 cm³/mol. The molecule has 2 saturated heterocycles. The van der Waals surface area contributed by atoms with Crippen molar-refractivity contribution in [3.8, 4) is 11.5 Å². The lowest BCUT2D eigenvalue weighted by atomic mass is 9.88. The Bertz CT molecular complexity index is 1600. The van der Waals surface area contributed by atoms with E-state index < -0.39 is 31.8 Å². The largest absolute Gasteiger partial charge is 0.506 e. The number of sulfonamides is 2. The Hall–Kier alpha value is -2.56. The van der Waals surface area contributed by atoms with Crippen LogP contribution in [0.5, 0.6) is 11.5 Å². The fraction of sp³-hybridized carbons (Fsp3) is 0.423. The lowest BCUT2D eigenvalue weighted by molar-refractivity contribution is -0.0312. The number of ether oxygens (including phenoxy) is 2. The van der Waals surface area contributed by atoms with Crippen LogP contribution < -0.4 is 15.2 Å². The molecule has 2 fully saturated rings. The predicted octanol–water partition coefficient (Wildman–Crippen LogP) is 1.35. The minimum Gasteiger partial charge on any atom is -0.506 e. The van der Waals surface area contributed by atoms with Crippen molar-refractivity contribution in [2.75, 3.05) is 32.8 Å². The van der Waals surface area contributed by atoms with Gasteiger partial charge in [-0.05, 0) is 43.5 Å². The molecule has 5 rings (SSSR count). The van der Waals surface area contributed by atoms with Crippen molar-refractivity contribution in [2.24, 2.45) is 5.14 Å². The van der Waals surface area contributed by atoms with Crippen LogP contribution in [0.4, 0.5) is 0 Å². The number of benzene rings is 2. The van der Waals surface area contributed by atoms with Crippen molar-refractivity contribution in [1.29, 1.82) is 0 Å². The molecule has 2 aromatic carbocycles. The van der Waals surface area contributed by atoms with Gasteiger partial charge in [-0.3, -0.25) is 4.98 Å². The number of pyridine rings is 1. The van der Waals surface area contributed by atoms with Crippen LogP contribution in [0, 0.1) is 0 Å². The van der Waals surface area contributed by atoms with Crippen LogP contribution in [0.2, 0.25) is 0 Å². The number of nitrogens with two attached hydrogens (primary N) is 1. The second-order valence-electron chi connectivity index (χ2n) is 10.2. The van der Waals surface area contributed by atoms with Gasteiger partial charge in [0.25, 0.3) is 0 Å². The van der Waals surface area contributed by atoms with Crippen LogP contribution in [0.25, 0.3) is 10.9 Å². The molecule has 0 unspecified atom stereocenters. The molecule has 1 spiro atoms. The summed E-state index contributed by atoms with van der Waals surface area (Å²) in [6.07, 6.45) is 2.00. The van der Waals surface area contributed by atoms with Crippen molar-refractivity contribution in [1.82, 2.24) is 14.6 Å². The van der Waals surface area contributed by atoms with E-state index >= 15 is 0 Å². The van der Waals surface area contributed by atoms with E-state index in [0.717, 1.165) is 0 Å². The number of fused-ring (bicyclic) bond motifs is 1. The smallest absolute Gasteiger partial charge is 0.248 e. The number of piperidine rings is 1. The number of nitrogens with one attached hydrogen (secondary N) is 1. The van der Waals surface area contributed by atoms with Crippen LogP contribution in [-0.2, 0) is 24.8 Å². The fourth-order valence-corrected chi connectivity index (χ4v) is 7.22. The molecular weight excluding hydrogens is 596 g/mol. The Morgan fingerprint density at radius 2 is 1.88 bits per heavy atom. The van der Waals surface area contributed by atoms with Crippen LogP contribution >= 0.6 is 12.4 Å². The van der Waals surface area contributed by atoms with Crippen molar-refractivity contribution in [2.45, 2.75) is 46.8 Å². The number of para-hydroxylation sites is 1. The molecule has 0 saturated carbocycles. The number of aromatic nitrogens is 1. The number of nitrogens with zero attached hydrogens (tertiary/aromatic N) is 2. The standard InChI is InChI=1S/C26H32N4O8S2.ClH/c27-39(33,34)21-5-3-4-20(12-21)37-17-19(31)14-28-18-13-26(38-16-18)8-10-30(11-9-26)40(35,36)24-15-29-23-7-2-1-6-22(23)25(24)32;/h1-7,12,15,18-19,28,31H,8-11,13-14,16-17H2,(H,29,32)(H2,27,33,34);1H/t18-,19+;/m1./s1. The highest BCUT2D eigenvalue weighted by atomic mass is 35.5. The third-order valence-electron chi connectivity index (χ3n) is 7.39. The highest BCUT2D eigenvalue weighted by Gasteiger charge is 2.45. The second kappa shape index (κ2) is 12.4. The van der Waals surface area contributed by atoms with Crippen molar-refractivity contribution in [3.63, 3.8) is 0 Å². The Balaban J connectivity index is 0.00000387. The molecule has 2 atom stereocenters. The zero-order chi connectivity index (χ0) is 28.5. The lowest BCUT2D eigenvalue weighted by Gasteiger charge is -2.38. The minimum atomic E-state index is -3.94.